The average molecular weight is 260 g/mol. The molecule has 1 aromatic heterocycles. The highest BCUT2D eigenvalue weighted by molar-refractivity contribution is 9.10. The smallest absolute Gasteiger partial charge is 0.0968 e. The third-order valence-corrected chi connectivity index (χ3v) is 3.25. The van der Waals surface area contributed by atoms with Crippen molar-refractivity contribution in [2.75, 3.05) is 0 Å². The van der Waals surface area contributed by atoms with Gasteiger partial charge in [0, 0.05) is 23.1 Å². The Morgan fingerprint density at radius 3 is 2.92 bits per heavy atom. The van der Waals surface area contributed by atoms with Gasteiger partial charge in [-0.3, -0.25) is 4.68 Å². The third-order valence-electron chi connectivity index (χ3n) is 1.99. The van der Waals surface area contributed by atoms with Crippen molar-refractivity contribution in [3.05, 3.63) is 27.3 Å². The van der Waals surface area contributed by atoms with Crippen molar-refractivity contribution in [3.8, 4) is 0 Å². The van der Waals surface area contributed by atoms with Gasteiger partial charge in [-0.2, -0.15) is 5.10 Å². The van der Waals surface area contributed by atoms with Gasteiger partial charge in [-0.05, 0) is 34.5 Å². The molecule has 0 saturated heterocycles. The van der Waals surface area contributed by atoms with Crippen LogP contribution in [0, 0.1) is 6.92 Å². The number of hydrogen-bond donors (Lipinski definition) is 0. The molecule has 0 fully saturated rings. The molecule has 0 spiro atoms. The van der Waals surface area contributed by atoms with Crippen molar-refractivity contribution in [3.63, 3.8) is 0 Å². The number of halogens is 2. The Hall–Kier alpha value is -0.540. The maximum Gasteiger partial charge on any atom is 0.0968 e. The number of hydrogen-bond acceptors (Lipinski definition) is 1. The molecule has 0 bridgehead atoms. The second-order valence-electron chi connectivity index (χ2n) is 3.05. The average Bonchev–Trinajstić information content (AvgIpc) is 2.44. The molecule has 0 aliphatic rings. The van der Waals surface area contributed by atoms with E-state index in [9.17, 15) is 0 Å². The summed E-state index contributed by atoms with van der Waals surface area (Å²) in [5, 5.41) is 6.05. The number of nitrogens with zero attached hydrogens (tertiary/aromatic N) is 2. The van der Waals surface area contributed by atoms with Gasteiger partial charge in [0.2, 0.25) is 0 Å². The molecule has 1 heterocycles. The molecule has 0 N–H and O–H groups in total. The first-order valence-corrected chi connectivity index (χ1v) is 5.04. The molecular weight excluding hydrogens is 251 g/mol. The first kappa shape index (κ1) is 9.03. The Bertz CT molecular complexity index is 476. The van der Waals surface area contributed by atoms with E-state index < -0.39 is 0 Å². The van der Waals surface area contributed by atoms with E-state index in [0.717, 1.165) is 26.0 Å². The van der Waals surface area contributed by atoms with Gasteiger partial charge in [-0.1, -0.05) is 11.6 Å². The number of aryl methyl sites for hydroxylation is 2. The van der Waals surface area contributed by atoms with Crippen molar-refractivity contribution < 1.29 is 0 Å². The van der Waals surface area contributed by atoms with E-state index in [1.807, 2.05) is 26.2 Å². The van der Waals surface area contributed by atoms with Gasteiger partial charge in [-0.25, -0.2) is 0 Å². The van der Waals surface area contributed by atoms with Crippen molar-refractivity contribution in [1.29, 1.82) is 0 Å². The van der Waals surface area contributed by atoms with Gasteiger partial charge in [0.1, 0.15) is 0 Å². The molecule has 2 rings (SSSR count). The fourth-order valence-electron chi connectivity index (χ4n) is 1.39. The Morgan fingerprint density at radius 1 is 1.54 bits per heavy atom. The number of benzene rings is 1. The fourth-order valence-corrected chi connectivity index (χ4v) is 2.14. The summed E-state index contributed by atoms with van der Waals surface area (Å²) in [5.41, 5.74) is 2.10. The molecule has 0 atom stereocenters. The van der Waals surface area contributed by atoms with Gasteiger partial charge in [0.05, 0.1) is 10.5 Å². The Morgan fingerprint density at radius 2 is 2.23 bits per heavy atom. The van der Waals surface area contributed by atoms with Gasteiger partial charge < -0.3 is 0 Å². The highest BCUT2D eigenvalue weighted by Crippen LogP contribution is 2.32. The molecule has 0 saturated carbocycles. The molecule has 0 radical (unpaired) electrons. The van der Waals surface area contributed by atoms with E-state index in [2.05, 4.69) is 21.0 Å². The summed E-state index contributed by atoms with van der Waals surface area (Å²) in [7, 11) is 1.89. The van der Waals surface area contributed by atoms with Gasteiger partial charge in [0.15, 0.2) is 0 Å². The van der Waals surface area contributed by atoms with Crippen molar-refractivity contribution in [2.24, 2.45) is 7.05 Å². The second-order valence-corrected chi connectivity index (χ2v) is 4.29. The van der Waals surface area contributed by atoms with E-state index >= 15 is 0 Å². The highest BCUT2D eigenvalue weighted by Gasteiger charge is 2.09. The second kappa shape index (κ2) is 3.00. The van der Waals surface area contributed by atoms with Crippen LogP contribution in [-0.2, 0) is 7.05 Å². The van der Waals surface area contributed by atoms with Crippen LogP contribution in [0.1, 0.15) is 5.56 Å². The Kier molecular flexibility index (Phi) is 2.08. The van der Waals surface area contributed by atoms with Crippen LogP contribution in [0.4, 0.5) is 0 Å². The van der Waals surface area contributed by atoms with Crippen LogP contribution < -0.4 is 0 Å². The maximum atomic E-state index is 6.11. The molecule has 1 aromatic carbocycles. The van der Waals surface area contributed by atoms with E-state index in [1.165, 1.54) is 0 Å². The van der Waals surface area contributed by atoms with Gasteiger partial charge >= 0.3 is 0 Å². The van der Waals surface area contributed by atoms with E-state index in [1.54, 1.807) is 4.68 Å². The number of fused-ring (bicyclic) bond motifs is 1. The lowest BCUT2D eigenvalue weighted by Gasteiger charge is -1.99. The lowest BCUT2D eigenvalue weighted by atomic mass is 10.2. The summed E-state index contributed by atoms with van der Waals surface area (Å²) in [6.45, 7) is 2.02. The summed E-state index contributed by atoms with van der Waals surface area (Å²) in [4.78, 5) is 0. The zero-order chi connectivity index (χ0) is 9.59. The molecule has 0 amide bonds. The molecule has 4 heteroatoms. The van der Waals surface area contributed by atoms with Crippen LogP contribution in [-0.4, -0.2) is 9.78 Å². The van der Waals surface area contributed by atoms with Crippen LogP contribution in [0.2, 0.25) is 5.02 Å². The predicted molar refractivity (Wildman–Crippen MR) is 58.2 cm³/mol. The summed E-state index contributed by atoms with van der Waals surface area (Å²) < 4.78 is 2.70. The lowest BCUT2D eigenvalue weighted by molar-refractivity contribution is 0.779. The third kappa shape index (κ3) is 1.36. The Labute approximate surface area is 89.6 Å². The topological polar surface area (TPSA) is 17.8 Å². The molecule has 68 valence electrons. The summed E-state index contributed by atoms with van der Waals surface area (Å²) in [6.07, 6.45) is 1.93. The minimum Gasteiger partial charge on any atom is -0.275 e. The summed E-state index contributed by atoms with van der Waals surface area (Å²) >= 11 is 9.52. The molecule has 0 aliphatic heterocycles. The van der Waals surface area contributed by atoms with Crippen LogP contribution >= 0.6 is 27.5 Å². The number of aromatic nitrogens is 2. The minimum atomic E-state index is 0.730. The normalized spacial score (nSPS) is 11.1. The molecule has 13 heavy (non-hydrogen) atoms. The molecular formula is C9H8BrClN2. The molecule has 0 aliphatic carbocycles. The maximum absolute atomic E-state index is 6.11. The standard InChI is InChI=1S/C9H8BrClN2/c1-5-3-7(10)8(11)6-4-13(2)12-9(5)6/h3-4H,1-2H3. The fraction of sp³-hybridized carbons (Fsp3) is 0.222. The van der Waals surface area contributed by atoms with Gasteiger partial charge in [-0.15, -0.1) is 0 Å². The zero-order valence-corrected chi connectivity index (χ0v) is 9.65. The largest absolute Gasteiger partial charge is 0.275 e. The van der Waals surface area contributed by atoms with Crippen molar-refractivity contribution in [2.45, 2.75) is 6.92 Å². The van der Waals surface area contributed by atoms with Crippen LogP contribution in [0.5, 0.6) is 0 Å². The van der Waals surface area contributed by atoms with E-state index in [-0.39, 0.29) is 0 Å². The monoisotopic (exact) mass is 258 g/mol. The zero-order valence-electron chi connectivity index (χ0n) is 7.31. The van der Waals surface area contributed by atoms with Crippen LogP contribution in [0.3, 0.4) is 0 Å². The molecule has 2 aromatic rings. The van der Waals surface area contributed by atoms with E-state index in [0.29, 0.717) is 0 Å². The quantitative estimate of drug-likeness (QED) is 0.710. The first-order valence-electron chi connectivity index (χ1n) is 3.87. The molecule has 0 unspecified atom stereocenters. The Balaban J connectivity index is 2.95. The number of rotatable bonds is 0. The van der Waals surface area contributed by atoms with Crippen molar-refractivity contribution in [1.82, 2.24) is 9.78 Å². The summed E-state index contributed by atoms with van der Waals surface area (Å²) in [5.74, 6) is 0. The van der Waals surface area contributed by atoms with Crippen LogP contribution in [0.25, 0.3) is 10.9 Å². The molecule has 2 nitrogen and oxygen atoms in total. The van der Waals surface area contributed by atoms with Crippen molar-refractivity contribution >= 4 is 38.4 Å². The minimum absolute atomic E-state index is 0.730. The SMILES string of the molecule is Cc1cc(Br)c(Cl)c2cn(C)nc12. The highest BCUT2D eigenvalue weighted by atomic mass is 79.9. The predicted octanol–water partition coefficient (Wildman–Crippen LogP) is 3.30. The first-order chi connectivity index (χ1) is 6.09. The van der Waals surface area contributed by atoms with E-state index in [4.69, 9.17) is 11.6 Å². The lowest BCUT2D eigenvalue weighted by Crippen LogP contribution is -1.85. The summed E-state index contributed by atoms with van der Waals surface area (Å²) in [6, 6.07) is 1.98. The van der Waals surface area contributed by atoms with Gasteiger partial charge in [0.25, 0.3) is 0 Å². The van der Waals surface area contributed by atoms with Crippen LogP contribution in [0.15, 0.2) is 16.7 Å².